The Morgan fingerprint density at radius 3 is 2.09 bits per heavy atom. The van der Waals surface area contributed by atoms with Crippen LogP contribution in [-0.4, -0.2) is 43.2 Å². The van der Waals surface area contributed by atoms with E-state index in [4.69, 9.17) is 9.47 Å². The molecule has 194 valence electrons. The summed E-state index contributed by atoms with van der Waals surface area (Å²) >= 11 is 1.89. The molecule has 0 aromatic rings. The van der Waals surface area contributed by atoms with Crippen molar-refractivity contribution in [3.8, 4) is 0 Å². The van der Waals surface area contributed by atoms with Gasteiger partial charge in [0.2, 0.25) is 0 Å². The normalized spacial score (nSPS) is 20.3. The van der Waals surface area contributed by atoms with Crippen LogP contribution in [0.15, 0.2) is 11.6 Å². The summed E-state index contributed by atoms with van der Waals surface area (Å²) in [6.45, 7) is 6.16. The molecule has 2 aliphatic heterocycles. The highest BCUT2D eigenvalue weighted by Crippen LogP contribution is 2.25. The summed E-state index contributed by atoms with van der Waals surface area (Å²) < 4.78 is 11.9. The number of hydrogen-bond acceptors (Lipinski definition) is 4. The SMILES string of the molecule is CCCCCCCCCCCCCCCCC1COC(COCCCCCN2C=CSC2)C1. The Hall–Kier alpha value is -0.190. The van der Waals surface area contributed by atoms with Gasteiger partial charge in [0.1, 0.15) is 0 Å². The van der Waals surface area contributed by atoms with Gasteiger partial charge in [-0.2, -0.15) is 0 Å². The van der Waals surface area contributed by atoms with Crippen molar-refractivity contribution in [2.75, 3.05) is 32.2 Å². The first-order valence-corrected chi connectivity index (χ1v) is 15.6. The van der Waals surface area contributed by atoms with Gasteiger partial charge in [-0.25, -0.2) is 0 Å². The molecule has 2 heterocycles. The van der Waals surface area contributed by atoms with E-state index in [1.165, 1.54) is 129 Å². The van der Waals surface area contributed by atoms with Crippen LogP contribution in [0.1, 0.15) is 129 Å². The zero-order valence-electron chi connectivity index (χ0n) is 22.0. The molecule has 0 N–H and O–H groups in total. The quantitative estimate of drug-likeness (QED) is 0.136. The molecule has 0 aliphatic carbocycles. The van der Waals surface area contributed by atoms with Gasteiger partial charge >= 0.3 is 0 Å². The van der Waals surface area contributed by atoms with Crippen LogP contribution >= 0.6 is 11.8 Å². The zero-order valence-corrected chi connectivity index (χ0v) is 22.8. The van der Waals surface area contributed by atoms with Crippen LogP contribution in [0, 0.1) is 5.92 Å². The summed E-state index contributed by atoms with van der Waals surface area (Å²) in [6, 6.07) is 0. The van der Waals surface area contributed by atoms with Crippen LogP contribution in [-0.2, 0) is 9.47 Å². The molecule has 2 aliphatic rings. The van der Waals surface area contributed by atoms with E-state index in [0.29, 0.717) is 6.10 Å². The summed E-state index contributed by atoms with van der Waals surface area (Å²) in [4.78, 5) is 2.40. The lowest BCUT2D eigenvalue weighted by molar-refractivity contribution is 0.0153. The molecule has 0 aromatic carbocycles. The van der Waals surface area contributed by atoms with Gasteiger partial charge in [-0.3, -0.25) is 0 Å². The molecule has 1 saturated heterocycles. The average molecular weight is 482 g/mol. The van der Waals surface area contributed by atoms with E-state index in [2.05, 4.69) is 23.4 Å². The molecule has 2 atom stereocenters. The van der Waals surface area contributed by atoms with Crippen LogP contribution in [0.25, 0.3) is 0 Å². The fourth-order valence-corrected chi connectivity index (χ4v) is 5.84. The number of hydrogen-bond donors (Lipinski definition) is 0. The van der Waals surface area contributed by atoms with Gasteiger partial charge in [0, 0.05) is 26.0 Å². The number of rotatable bonds is 23. The molecule has 2 rings (SSSR count). The van der Waals surface area contributed by atoms with E-state index in [9.17, 15) is 0 Å². The monoisotopic (exact) mass is 481 g/mol. The molecule has 0 radical (unpaired) electrons. The van der Waals surface area contributed by atoms with E-state index < -0.39 is 0 Å². The lowest BCUT2D eigenvalue weighted by atomic mass is 9.97. The first kappa shape index (κ1) is 29.0. The molecule has 0 aromatic heterocycles. The van der Waals surface area contributed by atoms with Crippen LogP contribution in [0.5, 0.6) is 0 Å². The minimum absolute atomic E-state index is 0.355. The van der Waals surface area contributed by atoms with Gasteiger partial charge in [0.25, 0.3) is 0 Å². The predicted octanol–water partition coefficient (Wildman–Crippen LogP) is 8.93. The summed E-state index contributed by atoms with van der Waals surface area (Å²) in [6.07, 6.45) is 29.1. The molecule has 1 fully saturated rings. The van der Waals surface area contributed by atoms with E-state index in [1.54, 1.807) is 0 Å². The maximum atomic E-state index is 5.99. The molecule has 33 heavy (non-hydrogen) atoms. The van der Waals surface area contributed by atoms with Crippen LogP contribution < -0.4 is 0 Å². The smallest absolute Gasteiger partial charge is 0.0812 e. The van der Waals surface area contributed by atoms with Crippen molar-refractivity contribution in [1.29, 1.82) is 0 Å². The zero-order chi connectivity index (χ0) is 23.2. The minimum atomic E-state index is 0.355. The van der Waals surface area contributed by atoms with Crippen molar-refractivity contribution < 1.29 is 9.47 Å². The second-order valence-corrected chi connectivity index (χ2v) is 11.3. The molecule has 0 amide bonds. The maximum absolute atomic E-state index is 5.99. The van der Waals surface area contributed by atoms with Gasteiger partial charge in [0.15, 0.2) is 0 Å². The summed E-state index contributed by atoms with van der Waals surface area (Å²) in [7, 11) is 0. The van der Waals surface area contributed by atoms with Crippen molar-refractivity contribution in [2.24, 2.45) is 5.92 Å². The lowest BCUT2D eigenvalue weighted by Crippen LogP contribution is -2.16. The van der Waals surface area contributed by atoms with E-state index in [-0.39, 0.29) is 0 Å². The van der Waals surface area contributed by atoms with Crippen LogP contribution in [0.3, 0.4) is 0 Å². The van der Waals surface area contributed by atoms with Gasteiger partial charge in [0.05, 0.1) is 18.6 Å². The Morgan fingerprint density at radius 1 is 0.818 bits per heavy atom. The number of thioether (sulfide) groups is 1. The van der Waals surface area contributed by atoms with Gasteiger partial charge in [-0.15, -0.1) is 11.8 Å². The standard InChI is InChI=1S/C29H55NO2S/c1-2-3-4-5-6-7-8-9-10-11-12-13-14-16-19-28-24-29(32-25-28)26-31-22-18-15-17-20-30-21-23-33-27-30/h21,23,28-29H,2-20,22,24-27H2,1H3. The first-order chi connectivity index (χ1) is 16.4. The van der Waals surface area contributed by atoms with E-state index in [0.717, 1.165) is 31.6 Å². The van der Waals surface area contributed by atoms with Crippen molar-refractivity contribution in [1.82, 2.24) is 4.90 Å². The van der Waals surface area contributed by atoms with Crippen LogP contribution in [0.2, 0.25) is 0 Å². The summed E-state index contributed by atoms with van der Waals surface area (Å²) in [5.74, 6) is 1.91. The Balaban J connectivity index is 1.26. The number of ether oxygens (including phenoxy) is 2. The molecular formula is C29H55NO2S. The molecule has 3 nitrogen and oxygen atoms in total. The molecule has 0 spiro atoms. The number of unbranched alkanes of at least 4 members (excludes halogenated alkanes) is 15. The Bertz CT molecular complexity index is 459. The van der Waals surface area contributed by atoms with Crippen molar-refractivity contribution in [3.05, 3.63) is 11.6 Å². The van der Waals surface area contributed by atoms with Crippen LogP contribution in [0.4, 0.5) is 0 Å². The van der Waals surface area contributed by atoms with Gasteiger partial charge in [-0.1, -0.05) is 96.8 Å². The Morgan fingerprint density at radius 2 is 1.45 bits per heavy atom. The van der Waals surface area contributed by atoms with E-state index >= 15 is 0 Å². The maximum Gasteiger partial charge on any atom is 0.0812 e. The highest BCUT2D eigenvalue weighted by Gasteiger charge is 2.24. The fraction of sp³-hybridized carbons (Fsp3) is 0.931. The second-order valence-electron chi connectivity index (χ2n) is 10.5. The van der Waals surface area contributed by atoms with Crippen molar-refractivity contribution in [2.45, 2.75) is 135 Å². The molecule has 2 unspecified atom stereocenters. The third-order valence-electron chi connectivity index (χ3n) is 7.28. The predicted molar refractivity (Wildman–Crippen MR) is 146 cm³/mol. The summed E-state index contributed by atoms with van der Waals surface area (Å²) in [5.41, 5.74) is 0. The highest BCUT2D eigenvalue weighted by atomic mass is 32.2. The third-order valence-corrected chi connectivity index (χ3v) is 8.07. The fourth-order valence-electron chi connectivity index (χ4n) is 5.09. The first-order valence-electron chi connectivity index (χ1n) is 14.6. The molecule has 0 saturated carbocycles. The van der Waals surface area contributed by atoms with Crippen molar-refractivity contribution >= 4 is 11.8 Å². The topological polar surface area (TPSA) is 21.7 Å². The Labute approximate surface area is 210 Å². The third kappa shape index (κ3) is 16.2. The highest BCUT2D eigenvalue weighted by molar-refractivity contribution is 8.02. The minimum Gasteiger partial charge on any atom is -0.379 e. The van der Waals surface area contributed by atoms with Crippen molar-refractivity contribution in [3.63, 3.8) is 0 Å². The average Bonchev–Trinajstić information content (AvgIpc) is 3.51. The summed E-state index contributed by atoms with van der Waals surface area (Å²) in [5, 5.41) is 2.19. The van der Waals surface area contributed by atoms with E-state index in [1.807, 2.05) is 11.8 Å². The molecule has 0 bridgehead atoms. The van der Waals surface area contributed by atoms with Gasteiger partial charge in [-0.05, 0) is 43.4 Å². The number of nitrogens with zero attached hydrogens (tertiary/aromatic N) is 1. The lowest BCUT2D eigenvalue weighted by Gasteiger charge is -2.14. The Kier molecular flexibility index (Phi) is 18.6. The largest absolute Gasteiger partial charge is 0.379 e. The second kappa shape index (κ2) is 21.1. The molecule has 4 heteroatoms. The van der Waals surface area contributed by atoms with Gasteiger partial charge < -0.3 is 14.4 Å². The molecular weight excluding hydrogens is 426 g/mol.